The number of ether oxygens (including phenoxy) is 2. The summed E-state index contributed by atoms with van der Waals surface area (Å²) >= 11 is 0. The third-order valence-corrected chi connectivity index (χ3v) is 4.95. The van der Waals surface area contributed by atoms with Crippen molar-refractivity contribution >= 4 is 28.8 Å². The number of fused-ring (bicyclic) bond motifs is 1. The first-order valence-electron chi connectivity index (χ1n) is 9.43. The monoisotopic (exact) mass is 382 g/mol. The van der Waals surface area contributed by atoms with Crippen LogP contribution in [0.3, 0.4) is 0 Å². The van der Waals surface area contributed by atoms with Crippen LogP contribution in [0.2, 0.25) is 0 Å². The molecule has 0 bridgehead atoms. The van der Waals surface area contributed by atoms with Crippen molar-refractivity contribution in [1.29, 1.82) is 0 Å². The van der Waals surface area contributed by atoms with E-state index in [2.05, 4.69) is 0 Å². The SMILES string of the molecule is CC/C=C/n1c(C(=O)CN2CCC=CC2=O)cc2cc(OC)c(C)c(OC)c21. The fourth-order valence-electron chi connectivity index (χ4n) is 3.52. The number of rotatable bonds is 7. The molecule has 0 unspecified atom stereocenters. The van der Waals surface area contributed by atoms with E-state index < -0.39 is 0 Å². The van der Waals surface area contributed by atoms with Crippen LogP contribution in [-0.2, 0) is 4.79 Å². The van der Waals surface area contributed by atoms with Gasteiger partial charge >= 0.3 is 0 Å². The lowest BCUT2D eigenvalue weighted by Gasteiger charge is -2.22. The average Bonchev–Trinajstić information content (AvgIpc) is 3.05. The Morgan fingerprint density at radius 2 is 2.04 bits per heavy atom. The molecule has 2 aromatic rings. The van der Waals surface area contributed by atoms with E-state index in [1.165, 1.54) is 6.08 Å². The Morgan fingerprint density at radius 1 is 1.25 bits per heavy atom. The summed E-state index contributed by atoms with van der Waals surface area (Å²) in [5.74, 6) is 1.14. The fraction of sp³-hybridized carbons (Fsp3) is 0.364. The summed E-state index contributed by atoms with van der Waals surface area (Å²) in [6.45, 7) is 4.58. The minimum atomic E-state index is -0.124. The highest BCUT2D eigenvalue weighted by Gasteiger charge is 2.24. The Kier molecular flexibility index (Phi) is 5.87. The van der Waals surface area contributed by atoms with Crippen molar-refractivity contribution in [2.45, 2.75) is 26.7 Å². The Bertz CT molecular complexity index is 969. The standard InChI is InChI=1S/C22H26N2O4/c1-5-6-11-24-17(18(25)14-23-10-8-7-9-20(23)26)12-16-13-19(27-3)15(2)22(28-4)21(16)24/h6-7,9,11-13H,5,8,10,14H2,1-4H3/b11-6+. The summed E-state index contributed by atoms with van der Waals surface area (Å²) in [6, 6.07) is 3.75. The van der Waals surface area contributed by atoms with E-state index in [1.807, 2.05) is 48.9 Å². The lowest BCUT2D eigenvalue weighted by atomic mass is 10.1. The highest BCUT2D eigenvalue weighted by Crippen LogP contribution is 2.38. The zero-order valence-corrected chi connectivity index (χ0v) is 16.8. The second-order valence-electron chi connectivity index (χ2n) is 6.74. The van der Waals surface area contributed by atoms with Crippen molar-refractivity contribution < 1.29 is 19.1 Å². The molecule has 0 saturated carbocycles. The first-order valence-corrected chi connectivity index (χ1v) is 9.43. The summed E-state index contributed by atoms with van der Waals surface area (Å²) in [5.41, 5.74) is 2.21. The first-order chi connectivity index (χ1) is 13.5. The topological polar surface area (TPSA) is 60.8 Å². The third-order valence-electron chi connectivity index (χ3n) is 4.95. The highest BCUT2D eigenvalue weighted by atomic mass is 16.5. The van der Waals surface area contributed by atoms with Gasteiger partial charge in [0, 0.05) is 23.7 Å². The fourth-order valence-corrected chi connectivity index (χ4v) is 3.52. The minimum Gasteiger partial charge on any atom is -0.496 e. The molecular formula is C22H26N2O4. The maximum absolute atomic E-state index is 13.1. The van der Waals surface area contributed by atoms with Gasteiger partial charge in [0.05, 0.1) is 32.0 Å². The molecule has 3 rings (SSSR count). The zero-order chi connectivity index (χ0) is 20.3. The number of benzene rings is 1. The predicted octanol–water partition coefficient (Wildman–Crippen LogP) is 3.82. The molecule has 6 heteroatoms. The Balaban J connectivity index is 2.13. The van der Waals surface area contributed by atoms with Crippen LogP contribution >= 0.6 is 0 Å². The molecule has 1 aliphatic heterocycles. The van der Waals surface area contributed by atoms with Crippen molar-refractivity contribution in [3.8, 4) is 11.5 Å². The summed E-state index contributed by atoms with van der Waals surface area (Å²) in [6.07, 6.45) is 8.85. The zero-order valence-electron chi connectivity index (χ0n) is 16.8. The van der Waals surface area contributed by atoms with Gasteiger partial charge in [0.2, 0.25) is 5.91 Å². The van der Waals surface area contributed by atoms with Gasteiger partial charge in [0.15, 0.2) is 5.78 Å². The van der Waals surface area contributed by atoms with Crippen LogP contribution < -0.4 is 9.47 Å². The predicted molar refractivity (Wildman–Crippen MR) is 110 cm³/mol. The smallest absolute Gasteiger partial charge is 0.246 e. The van der Waals surface area contributed by atoms with Gasteiger partial charge in [0.1, 0.15) is 11.5 Å². The first kappa shape index (κ1) is 19.7. The molecule has 148 valence electrons. The van der Waals surface area contributed by atoms with Crippen LogP contribution in [0.25, 0.3) is 17.1 Å². The molecule has 0 atom stereocenters. The number of carbonyl (C=O) groups is 2. The lowest BCUT2D eigenvalue weighted by Crippen LogP contribution is -2.37. The van der Waals surface area contributed by atoms with Crippen LogP contribution in [0.1, 0.15) is 35.8 Å². The van der Waals surface area contributed by atoms with Gasteiger partial charge in [-0.15, -0.1) is 0 Å². The summed E-state index contributed by atoms with van der Waals surface area (Å²) < 4.78 is 13.0. The molecule has 1 aliphatic rings. The molecular weight excluding hydrogens is 356 g/mol. The molecule has 0 saturated heterocycles. The van der Waals surface area contributed by atoms with Crippen LogP contribution in [0.15, 0.2) is 30.4 Å². The molecule has 0 aliphatic carbocycles. The number of methoxy groups -OCH3 is 2. The van der Waals surface area contributed by atoms with Crippen molar-refractivity contribution in [3.63, 3.8) is 0 Å². The number of ketones is 1. The maximum Gasteiger partial charge on any atom is 0.246 e. The van der Waals surface area contributed by atoms with Gasteiger partial charge in [-0.25, -0.2) is 0 Å². The molecule has 0 spiro atoms. The number of Topliss-reactive ketones (excluding diaryl/α,β-unsaturated/α-hetero) is 1. The highest BCUT2D eigenvalue weighted by molar-refractivity contribution is 6.05. The molecule has 2 heterocycles. The molecule has 1 aromatic carbocycles. The van der Waals surface area contributed by atoms with Gasteiger partial charge in [-0.1, -0.05) is 19.1 Å². The molecule has 1 amide bonds. The van der Waals surface area contributed by atoms with E-state index in [1.54, 1.807) is 19.1 Å². The number of hydrogen-bond acceptors (Lipinski definition) is 4. The van der Waals surface area contributed by atoms with E-state index in [0.717, 1.165) is 29.3 Å². The Labute approximate surface area is 165 Å². The number of allylic oxidation sites excluding steroid dienone is 1. The van der Waals surface area contributed by atoms with Gasteiger partial charge in [-0.05, 0) is 38.0 Å². The molecule has 0 fully saturated rings. The molecule has 0 N–H and O–H groups in total. The molecule has 6 nitrogen and oxygen atoms in total. The molecule has 28 heavy (non-hydrogen) atoms. The largest absolute Gasteiger partial charge is 0.496 e. The number of hydrogen-bond donors (Lipinski definition) is 0. The normalized spacial score (nSPS) is 14.3. The van der Waals surface area contributed by atoms with Crippen LogP contribution in [-0.4, -0.2) is 48.5 Å². The van der Waals surface area contributed by atoms with Crippen molar-refractivity contribution in [3.05, 3.63) is 41.6 Å². The molecule has 0 radical (unpaired) electrons. The van der Waals surface area contributed by atoms with E-state index in [0.29, 0.717) is 23.7 Å². The summed E-state index contributed by atoms with van der Waals surface area (Å²) in [4.78, 5) is 26.7. The average molecular weight is 382 g/mol. The minimum absolute atomic E-state index is 0.0535. The van der Waals surface area contributed by atoms with Crippen LogP contribution in [0.5, 0.6) is 11.5 Å². The number of amides is 1. The van der Waals surface area contributed by atoms with Crippen molar-refractivity contribution in [1.82, 2.24) is 9.47 Å². The summed E-state index contributed by atoms with van der Waals surface area (Å²) in [5, 5.41) is 0.855. The number of carbonyl (C=O) groups excluding carboxylic acids is 2. The van der Waals surface area contributed by atoms with Crippen molar-refractivity contribution in [2.24, 2.45) is 0 Å². The van der Waals surface area contributed by atoms with E-state index in [4.69, 9.17) is 9.47 Å². The second kappa shape index (κ2) is 8.33. The van der Waals surface area contributed by atoms with E-state index in [9.17, 15) is 9.59 Å². The maximum atomic E-state index is 13.1. The van der Waals surface area contributed by atoms with E-state index in [-0.39, 0.29) is 18.2 Å². The van der Waals surface area contributed by atoms with Crippen LogP contribution in [0.4, 0.5) is 0 Å². The number of nitrogens with zero attached hydrogens (tertiary/aromatic N) is 2. The Morgan fingerprint density at radius 3 is 2.68 bits per heavy atom. The van der Waals surface area contributed by atoms with Crippen molar-refractivity contribution in [2.75, 3.05) is 27.3 Å². The lowest BCUT2D eigenvalue weighted by molar-refractivity contribution is -0.126. The third kappa shape index (κ3) is 3.54. The quantitative estimate of drug-likeness (QED) is 0.683. The van der Waals surface area contributed by atoms with Crippen LogP contribution in [0, 0.1) is 6.92 Å². The summed E-state index contributed by atoms with van der Waals surface area (Å²) in [7, 11) is 3.23. The Hall–Kier alpha value is -3.02. The number of aromatic nitrogens is 1. The van der Waals surface area contributed by atoms with Gasteiger partial charge in [-0.3, -0.25) is 9.59 Å². The van der Waals surface area contributed by atoms with Gasteiger partial charge in [0.25, 0.3) is 0 Å². The molecule has 1 aromatic heterocycles. The van der Waals surface area contributed by atoms with Gasteiger partial charge in [-0.2, -0.15) is 0 Å². The van der Waals surface area contributed by atoms with Gasteiger partial charge < -0.3 is 18.9 Å². The second-order valence-corrected chi connectivity index (χ2v) is 6.74. The van der Waals surface area contributed by atoms with E-state index >= 15 is 0 Å².